The Bertz CT molecular complexity index is 592. The van der Waals surface area contributed by atoms with Gasteiger partial charge in [-0.1, -0.05) is 76.2 Å². The predicted molar refractivity (Wildman–Crippen MR) is 100 cm³/mol. The Morgan fingerprint density at radius 1 is 0.696 bits per heavy atom. The third-order valence-corrected chi connectivity index (χ3v) is 7.73. The van der Waals surface area contributed by atoms with Gasteiger partial charge < -0.3 is 8.85 Å². The molecule has 0 aliphatic rings. The molecular formula is C20H28O2Si. The summed E-state index contributed by atoms with van der Waals surface area (Å²) in [6.45, 7) is 8.84. The number of hydrogen-bond acceptors (Lipinski definition) is 2. The quantitative estimate of drug-likeness (QED) is 0.751. The minimum Gasteiger partial charge on any atom is -0.391 e. The van der Waals surface area contributed by atoms with Crippen LogP contribution in [0.15, 0.2) is 48.5 Å². The Morgan fingerprint density at radius 3 is 1.39 bits per heavy atom. The molecule has 0 aromatic heterocycles. The molecule has 0 saturated carbocycles. The largest absolute Gasteiger partial charge is 0.406 e. The molecule has 0 radical (unpaired) electrons. The Morgan fingerprint density at radius 2 is 1.09 bits per heavy atom. The van der Waals surface area contributed by atoms with Gasteiger partial charge in [0.15, 0.2) is 0 Å². The van der Waals surface area contributed by atoms with Crippen molar-refractivity contribution in [2.24, 2.45) is 0 Å². The fraction of sp³-hybridized carbons (Fsp3) is 0.400. The van der Waals surface area contributed by atoms with Gasteiger partial charge in [0.1, 0.15) is 0 Å². The van der Waals surface area contributed by atoms with Crippen molar-refractivity contribution in [1.29, 1.82) is 0 Å². The molecule has 2 rings (SSSR count). The van der Waals surface area contributed by atoms with Crippen molar-refractivity contribution in [2.75, 3.05) is 14.2 Å². The summed E-state index contributed by atoms with van der Waals surface area (Å²) >= 11 is 0. The van der Waals surface area contributed by atoms with Crippen molar-refractivity contribution < 1.29 is 8.85 Å². The summed E-state index contributed by atoms with van der Waals surface area (Å²) in [5.41, 5.74) is 2.63. The van der Waals surface area contributed by atoms with Crippen LogP contribution < -0.4 is 10.4 Å². The molecule has 0 aliphatic heterocycles. The highest BCUT2D eigenvalue weighted by molar-refractivity contribution is 6.92. The normalized spacial score (nSPS) is 12.2. The maximum absolute atomic E-state index is 6.05. The first-order valence-electron chi connectivity index (χ1n) is 8.25. The smallest absolute Gasteiger partial charge is 0.391 e. The summed E-state index contributed by atoms with van der Waals surface area (Å²) in [5, 5.41) is 2.32. The molecule has 2 nitrogen and oxygen atoms in total. The summed E-state index contributed by atoms with van der Waals surface area (Å²) < 4.78 is 12.1. The van der Waals surface area contributed by atoms with Gasteiger partial charge in [0, 0.05) is 14.2 Å². The summed E-state index contributed by atoms with van der Waals surface area (Å²) in [6.07, 6.45) is 0. The zero-order chi connectivity index (χ0) is 17.0. The monoisotopic (exact) mass is 328 g/mol. The van der Waals surface area contributed by atoms with Crippen LogP contribution in [0.3, 0.4) is 0 Å². The average molecular weight is 329 g/mol. The first kappa shape index (κ1) is 17.9. The average Bonchev–Trinajstić information content (AvgIpc) is 2.57. The van der Waals surface area contributed by atoms with Crippen molar-refractivity contribution in [3.05, 3.63) is 59.7 Å². The highest BCUT2D eigenvalue weighted by atomic mass is 28.4. The Hall–Kier alpha value is -1.42. The van der Waals surface area contributed by atoms with Crippen molar-refractivity contribution >= 4 is 18.9 Å². The number of benzene rings is 2. The van der Waals surface area contributed by atoms with E-state index in [-0.39, 0.29) is 0 Å². The molecule has 2 aromatic rings. The molecule has 0 atom stereocenters. The predicted octanol–water partition coefficient (Wildman–Crippen LogP) is 3.78. The van der Waals surface area contributed by atoms with Gasteiger partial charge in [-0.2, -0.15) is 0 Å². The Labute approximate surface area is 141 Å². The zero-order valence-corrected chi connectivity index (χ0v) is 16.1. The van der Waals surface area contributed by atoms with Gasteiger partial charge in [-0.3, -0.25) is 0 Å². The minimum atomic E-state index is -2.65. The second kappa shape index (κ2) is 7.43. The summed E-state index contributed by atoms with van der Waals surface area (Å²) in [7, 11) is 0.877. The lowest BCUT2D eigenvalue weighted by Gasteiger charge is -2.29. The Balaban J connectivity index is 2.59. The first-order valence-corrected chi connectivity index (χ1v) is 10.1. The molecule has 23 heavy (non-hydrogen) atoms. The topological polar surface area (TPSA) is 18.5 Å². The second-order valence-corrected chi connectivity index (χ2v) is 9.79. The van der Waals surface area contributed by atoms with Crippen LogP contribution in [-0.4, -0.2) is 22.8 Å². The van der Waals surface area contributed by atoms with Crippen LogP contribution in [0.25, 0.3) is 0 Å². The van der Waals surface area contributed by atoms with Crippen LogP contribution in [0.2, 0.25) is 0 Å². The van der Waals surface area contributed by atoms with Gasteiger partial charge in [-0.05, 0) is 33.3 Å². The molecule has 0 fully saturated rings. The van der Waals surface area contributed by atoms with Crippen LogP contribution in [0, 0.1) is 0 Å². The van der Waals surface area contributed by atoms with E-state index in [9.17, 15) is 0 Å². The third kappa shape index (κ3) is 3.57. The summed E-state index contributed by atoms with van der Waals surface area (Å²) in [5.74, 6) is 0.967. The van der Waals surface area contributed by atoms with Gasteiger partial charge >= 0.3 is 8.56 Å². The summed E-state index contributed by atoms with van der Waals surface area (Å²) in [4.78, 5) is 0. The van der Waals surface area contributed by atoms with E-state index in [2.05, 4.69) is 76.2 Å². The lowest BCUT2D eigenvalue weighted by molar-refractivity contribution is 0.272. The minimum absolute atomic E-state index is 0.484. The molecule has 0 amide bonds. The maximum Gasteiger partial charge on any atom is 0.406 e. The third-order valence-electron chi connectivity index (χ3n) is 4.44. The van der Waals surface area contributed by atoms with Gasteiger partial charge in [0.25, 0.3) is 0 Å². The lowest BCUT2D eigenvalue weighted by atomic mass is 10.0. The number of rotatable bonds is 6. The van der Waals surface area contributed by atoms with Gasteiger partial charge in [-0.15, -0.1) is 0 Å². The highest BCUT2D eigenvalue weighted by Crippen LogP contribution is 2.17. The molecule has 0 spiro atoms. The van der Waals surface area contributed by atoms with E-state index in [4.69, 9.17) is 8.85 Å². The fourth-order valence-electron chi connectivity index (χ4n) is 2.93. The van der Waals surface area contributed by atoms with Crippen molar-refractivity contribution in [3.8, 4) is 0 Å². The van der Waals surface area contributed by atoms with Gasteiger partial charge in [-0.25, -0.2) is 0 Å². The highest BCUT2D eigenvalue weighted by Gasteiger charge is 2.41. The van der Waals surface area contributed by atoms with Crippen molar-refractivity contribution in [3.63, 3.8) is 0 Å². The molecule has 0 N–H and O–H groups in total. The molecule has 2 aromatic carbocycles. The molecule has 0 heterocycles. The Kier molecular flexibility index (Phi) is 5.79. The molecule has 124 valence electrons. The van der Waals surface area contributed by atoms with Gasteiger partial charge in [0.2, 0.25) is 0 Å². The first-order chi connectivity index (χ1) is 10.9. The lowest BCUT2D eigenvalue weighted by Crippen LogP contribution is -2.62. The molecular weight excluding hydrogens is 300 g/mol. The zero-order valence-electron chi connectivity index (χ0n) is 15.1. The standard InChI is InChI=1S/C20H28O2Si/c1-15(2)17-9-7-11-19(13-17)23(21-5,22-6)20-12-8-10-18(14-20)16(3)4/h7-16H,1-6H3. The van der Waals surface area contributed by atoms with Crippen LogP contribution in [-0.2, 0) is 8.85 Å². The van der Waals surface area contributed by atoms with E-state index in [0.29, 0.717) is 11.8 Å². The van der Waals surface area contributed by atoms with Crippen molar-refractivity contribution in [2.45, 2.75) is 39.5 Å². The maximum atomic E-state index is 6.05. The van der Waals surface area contributed by atoms with E-state index in [1.807, 2.05) is 0 Å². The van der Waals surface area contributed by atoms with E-state index >= 15 is 0 Å². The fourth-order valence-corrected chi connectivity index (χ4v) is 5.71. The molecule has 0 saturated heterocycles. The van der Waals surface area contributed by atoms with E-state index in [0.717, 1.165) is 10.4 Å². The van der Waals surface area contributed by atoms with Crippen LogP contribution >= 0.6 is 0 Å². The summed E-state index contributed by atoms with van der Waals surface area (Å²) in [6, 6.07) is 17.3. The van der Waals surface area contributed by atoms with E-state index in [1.54, 1.807) is 14.2 Å². The van der Waals surface area contributed by atoms with Crippen LogP contribution in [0.4, 0.5) is 0 Å². The molecule has 3 heteroatoms. The van der Waals surface area contributed by atoms with E-state index in [1.165, 1.54) is 11.1 Å². The SMILES string of the molecule is CO[Si](OC)(c1cccc(C(C)C)c1)c1cccc(C(C)C)c1. The van der Waals surface area contributed by atoms with Crippen LogP contribution in [0.5, 0.6) is 0 Å². The van der Waals surface area contributed by atoms with Crippen LogP contribution in [0.1, 0.15) is 50.7 Å². The number of hydrogen-bond donors (Lipinski definition) is 0. The molecule has 0 bridgehead atoms. The van der Waals surface area contributed by atoms with Crippen molar-refractivity contribution in [1.82, 2.24) is 0 Å². The van der Waals surface area contributed by atoms with Gasteiger partial charge in [0.05, 0.1) is 0 Å². The second-order valence-electron chi connectivity index (χ2n) is 6.59. The molecule has 0 unspecified atom stereocenters. The molecule has 0 aliphatic carbocycles. The van der Waals surface area contributed by atoms with E-state index < -0.39 is 8.56 Å².